The van der Waals surface area contributed by atoms with Crippen LogP contribution < -0.4 is 11.1 Å². The molecule has 0 radical (unpaired) electrons. The molecule has 0 fully saturated rings. The minimum atomic E-state index is 0.295. The Morgan fingerprint density at radius 3 is 2.63 bits per heavy atom. The van der Waals surface area contributed by atoms with Crippen LogP contribution >= 0.6 is 0 Å². The molecule has 0 aliphatic carbocycles. The summed E-state index contributed by atoms with van der Waals surface area (Å²) in [5, 5.41) is 7.27. The van der Waals surface area contributed by atoms with E-state index in [1.165, 1.54) is 0 Å². The van der Waals surface area contributed by atoms with Crippen LogP contribution in [0.15, 0.2) is 30.7 Å². The molecule has 3 N–H and O–H groups in total. The number of hydrogen-bond acceptors (Lipinski definition) is 7. The fraction of sp³-hybridized carbons (Fsp3) is 0.278. The first kappa shape index (κ1) is 17.0. The minimum absolute atomic E-state index is 0.295. The standard InChI is InChI=1S/C18H21N9/c1-10(2)27-11(3)22-14-9-20-13(7-15(14)27)12-8-21-18(24-17(12)19)23-16-5-6-26(4)25-16/h5-10H,1-4H3,(H3,19,21,23,24,25). The maximum absolute atomic E-state index is 6.18. The summed E-state index contributed by atoms with van der Waals surface area (Å²) in [4.78, 5) is 17.8. The summed E-state index contributed by atoms with van der Waals surface area (Å²) in [6.45, 7) is 6.25. The highest BCUT2D eigenvalue weighted by molar-refractivity contribution is 5.82. The molecule has 0 bridgehead atoms. The van der Waals surface area contributed by atoms with E-state index in [4.69, 9.17) is 5.73 Å². The van der Waals surface area contributed by atoms with Crippen molar-refractivity contribution >= 4 is 28.6 Å². The van der Waals surface area contributed by atoms with Gasteiger partial charge >= 0.3 is 0 Å². The number of aryl methyl sites for hydroxylation is 2. The van der Waals surface area contributed by atoms with Crippen LogP contribution in [-0.4, -0.2) is 34.3 Å². The molecule has 4 aromatic heterocycles. The fourth-order valence-corrected chi connectivity index (χ4v) is 3.17. The lowest BCUT2D eigenvalue weighted by Gasteiger charge is -2.11. The molecule has 0 aliphatic rings. The Hall–Kier alpha value is -3.49. The molecule has 0 saturated carbocycles. The van der Waals surface area contributed by atoms with Gasteiger partial charge in [-0.1, -0.05) is 0 Å². The van der Waals surface area contributed by atoms with Gasteiger partial charge in [-0.3, -0.25) is 9.67 Å². The number of hydrogen-bond donors (Lipinski definition) is 2. The Balaban J connectivity index is 1.71. The predicted molar refractivity (Wildman–Crippen MR) is 105 cm³/mol. The normalized spacial score (nSPS) is 11.4. The fourth-order valence-electron chi connectivity index (χ4n) is 3.17. The van der Waals surface area contributed by atoms with Crippen LogP contribution in [0.5, 0.6) is 0 Å². The zero-order chi connectivity index (χ0) is 19.1. The summed E-state index contributed by atoms with van der Waals surface area (Å²) in [7, 11) is 1.84. The number of aromatic nitrogens is 7. The molecule has 0 unspecified atom stereocenters. The largest absolute Gasteiger partial charge is 0.383 e. The van der Waals surface area contributed by atoms with E-state index in [-0.39, 0.29) is 0 Å². The van der Waals surface area contributed by atoms with E-state index in [1.807, 2.05) is 32.3 Å². The summed E-state index contributed by atoms with van der Waals surface area (Å²) < 4.78 is 3.87. The summed E-state index contributed by atoms with van der Waals surface area (Å²) in [6, 6.07) is 4.11. The number of anilines is 3. The molecule has 4 heterocycles. The van der Waals surface area contributed by atoms with Crippen molar-refractivity contribution in [2.24, 2.45) is 7.05 Å². The number of nitrogen functional groups attached to an aromatic ring is 1. The third-order valence-corrected chi connectivity index (χ3v) is 4.32. The molecule has 0 spiro atoms. The van der Waals surface area contributed by atoms with Crippen molar-refractivity contribution in [2.75, 3.05) is 11.1 Å². The van der Waals surface area contributed by atoms with Gasteiger partial charge < -0.3 is 15.6 Å². The highest BCUT2D eigenvalue weighted by atomic mass is 15.3. The Labute approximate surface area is 156 Å². The quantitative estimate of drug-likeness (QED) is 0.573. The van der Waals surface area contributed by atoms with Crippen LogP contribution in [0.3, 0.4) is 0 Å². The maximum Gasteiger partial charge on any atom is 0.230 e. The molecule has 27 heavy (non-hydrogen) atoms. The van der Waals surface area contributed by atoms with Gasteiger partial charge in [-0.25, -0.2) is 9.97 Å². The number of nitrogens with two attached hydrogens (primary N) is 1. The predicted octanol–water partition coefficient (Wildman–Crippen LogP) is 2.84. The Bertz CT molecular complexity index is 1120. The first-order valence-electron chi connectivity index (χ1n) is 8.66. The minimum Gasteiger partial charge on any atom is -0.383 e. The summed E-state index contributed by atoms with van der Waals surface area (Å²) in [5.74, 6) is 2.35. The van der Waals surface area contributed by atoms with E-state index < -0.39 is 0 Å². The molecule has 0 saturated heterocycles. The Morgan fingerprint density at radius 2 is 1.96 bits per heavy atom. The second-order valence-electron chi connectivity index (χ2n) is 6.67. The van der Waals surface area contributed by atoms with Gasteiger partial charge in [-0.15, -0.1) is 0 Å². The highest BCUT2D eigenvalue weighted by Crippen LogP contribution is 2.28. The molecule has 0 aromatic carbocycles. The molecule has 4 rings (SSSR count). The molecule has 0 aliphatic heterocycles. The number of fused-ring (bicyclic) bond motifs is 1. The number of pyridine rings is 1. The van der Waals surface area contributed by atoms with Crippen LogP contribution in [0.1, 0.15) is 25.7 Å². The van der Waals surface area contributed by atoms with Crippen LogP contribution in [-0.2, 0) is 7.05 Å². The van der Waals surface area contributed by atoms with Crippen LogP contribution in [0, 0.1) is 6.92 Å². The monoisotopic (exact) mass is 363 g/mol. The van der Waals surface area contributed by atoms with E-state index in [0.717, 1.165) is 16.9 Å². The molecule has 9 nitrogen and oxygen atoms in total. The molecule has 0 atom stereocenters. The molecular formula is C18H21N9. The molecule has 138 valence electrons. The van der Waals surface area contributed by atoms with Gasteiger partial charge in [0.2, 0.25) is 5.95 Å². The van der Waals surface area contributed by atoms with Gasteiger partial charge in [0.05, 0.1) is 23.0 Å². The van der Waals surface area contributed by atoms with E-state index in [9.17, 15) is 0 Å². The van der Waals surface area contributed by atoms with E-state index >= 15 is 0 Å². The SMILES string of the molecule is Cc1nc2cnc(-c3cnc(Nc4ccn(C)n4)nc3N)cc2n1C(C)C. The van der Waals surface area contributed by atoms with Gasteiger partial charge in [0.15, 0.2) is 5.82 Å². The van der Waals surface area contributed by atoms with Crippen LogP contribution in [0.2, 0.25) is 0 Å². The van der Waals surface area contributed by atoms with Crippen molar-refractivity contribution in [3.63, 3.8) is 0 Å². The van der Waals surface area contributed by atoms with Crippen molar-refractivity contribution in [1.82, 2.24) is 34.3 Å². The topological polar surface area (TPSA) is 112 Å². The third kappa shape index (κ3) is 3.07. The van der Waals surface area contributed by atoms with Crippen LogP contribution in [0.4, 0.5) is 17.6 Å². The zero-order valence-electron chi connectivity index (χ0n) is 15.7. The number of imidazole rings is 1. The second-order valence-corrected chi connectivity index (χ2v) is 6.67. The molecule has 9 heteroatoms. The van der Waals surface area contributed by atoms with Gasteiger partial charge in [0.1, 0.15) is 17.2 Å². The average molecular weight is 363 g/mol. The number of rotatable bonds is 4. The lowest BCUT2D eigenvalue weighted by Crippen LogP contribution is -2.04. The lowest BCUT2D eigenvalue weighted by atomic mass is 10.2. The summed E-state index contributed by atoms with van der Waals surface area (Å²) in [6.07, 6.45) is 5.26. The lowest BCUT2D eigenvalue weighted by molar-refractivity contribution is 0.600. The van der Waals surface area contributed by atoms with Crippen molar-refractivity contribution in [3.05, 3.63) is 36.5 Å². The Morgan fingerprint density at radius 1 is 1.15 bits per heavy atom. The van der Waals surface area contributed by atoms with E-state index in [1.54, 1.807) is 17.1 Å². The van der Waals surface area contributed by atoms with Crippen molar-refractivity contribution in [1.29, 1.82) is 0 Å². The maximum atomic E-state index is 6.18. The van der Waals surface area contributed by atoms with Crippen LogP contribution in [0.25, 0.3) is 22.3 Å². The van der Waals surface area contributed by atoms with E-state index in [2.05, 4.69) is 48.8 Å². The van der Waals surface area contributed by atoms with Crippen molar-refractivity contribution in [2.45, 2.75) is 26.8 Å². The second kappa shape index (κ2) is 6.35. The first-order valence-corrected chi connectivity index (χ1v) is 8.66. The zero-order valence-corrected chi connectivity index (χ0v) is 15.7. The highest BCUT2D eigenvalue weighted by Gasteiger charge is 2.14. The van der Waals surface area contributed by atoms with Crippen molar-refractivity contribution < 1.29 is 0 Å². The molecular weight excluding hydrogens is 342 g/mol. The van der Waals surface area contributed by atoms with Gasteiger partial charge in [0, 0.05) is 31.5 Å². The smallest absolute Gasteiger partial charge is 0.230 e. The summed E-state index contributed by atoms with van der Waals surface area (Å²) in [5.41, 5.74) is 9.45. The van der Waals surface area contributed by atoms with E-state index in [0.29, 0.717) is 34.9 Å². The molecule has 4 aromatic rings. The number of nitrogens with zero attached hydrogens (tertiary/aromatic N) is 7. The number of nitrogens with one attached hydrogen (secondary N) is 1. The summed E-state index contributed by atoms with van der Waals surface area (Å²) >= 11 is 0. The molecule has 0 amide bonds. The first-order chi connectivity index (χ1) is 12.9. The van der Waals surface area contributed by atoms with Crippen molar-refractivity contribution in [3.8, 4) is 11.3 Å². The Kier molecular flexibility index (Phi) is 3.98. The van der Waals surface area contributed by atoms with Gasteiger partial charge in [-0.05, 0) is 26.8 Å². The van der Waals surface area contributed by atoms with Gasteiger partial charge in [-0.2, -0.15) is 10.1 Å². The third-order valence-electron chi connectivity index (χ3n) is 4.32. The van der Waals surface area contributed by atoms with Gasteiger partial charge in [0.25, 0.3) is 0 Å². The average Bonchev–Trinajstić information content (AvgIpc) is 3.16.